The quantitative estimate of drug-likeness (QED) is 0.108. The number of esters is 5. The van der Waals surface area contributed by atoms with Crippen molar-refractivity contribution in [2.75, 3.05) is 13.2 Å². The van der Waals surface area contributed by atoms with E-state index in [-0.39, 0.29) is 19.0 Å². The first-order chi connectivity index (χ1) is 28.9. The molecule has 0 unspecified atom stereocenters. The zero-order valence-electron chi connectivity index (χ0n) is 39.2. The van der Waals surface area contributed by atoms with Crippen LogP contribution in [0, 0.1) is 38.9 Å². The molecule has 2 heterocycles. The van der Waals surface area contributed by atoms with Gasteiger partial charge in [0.25, 0.3) is 0 Å². The normalized spacial score (nSPS) is 19.6. The van der Waals surface area contributed by atoms with Gasteiger partial charge in [0, 0.05) is 15.6 Å². The van der Waals surface area contributed by atoms with Gasteiger partial charge in [-0.3, -0.25) is 28.7 Å². The van der Waals surface area contributed by atoms with Crippen molar-refractivity contribution in [1.82, 2.24) is 9.78 Å². The van der Waals surface area contributed by atoms with E-state index in [2.05, 4.69) is 27.8 Å². The van der Waals surface area contributed by atoms with Crippen LogP contribution in [0.25, 0.3) is 10.9 Å². The number of carbonyl (C=O) groups is 5. The maximum absolute atomic E-state index is 13.9. The van der Waals surface area contributed by atoms with Crippen LogP contribution in [0.4, 0.5) is 0 Å². The number of hydrogen-bond acceptors (Lipinski definition) is 13. The molecule has 344 valence electrons. The van der Waals surface area contributed by atoms with E-state index >= 15 is 0 Å². The van der Waals surface area contributed by atoms with Crippen LogP contribution in [-0.2, 0) is 58.9 Å². The molecule has 1 saturated heterocycles. The number of nitrogens with zero attached hydrogens (tertiary/aromatic N) is 2. The lowest BCUT2D eigenvalue weighted by Crippen LogP contribution is -2.65. The largest absolute Gasteiger partial charge is 0.463 e. The van der Waals surface area contributed by atoms with Crippen molar-refractivity contribution in [3.8, 4) is 17.7 Å². The molecular weight excluding hydrogens is 876 g/mol. The van der Waals surface area contributed by atoms with Crippen molar-refractivity contribution in [1.29, 1.82) is 0 Å². The number of ether oxygens (including phenoxy) is 7. The second kappa shape index (κ2) is 19.4. The van der Waals surface area contributed by atoms with E-state index in [1.165, 1.54) is 0 Å². The Morgan fingerprint density at radius 1 is 0.635 bits per heavy atom. The van der Waals surface area contributed by atoms with Gasteiger partial charge in [-0.2, -0.15) is 0 Å². The van der Waals surface area contributed by atoms with Crippen LogP contribution in [-0.4, -0.2) is 83.5 Å². The van der Waals surface area contributed by atoms with E-state index in [1.807, 2.05) is 24.3 Å². The zero-order chi connectivity index (χ0) is 47.5. The molecule has 1 aliphatic rings. The molecule has 0 amide bonds. The van der Waals surface area contributed by atoms with Crippen LogP contribution in [0.2, 0.25) is 0 Å². The van der Waals surface area contributed by atoms with Gasteiger partial charge in [-0.05, 0) is 140 Å². The van der Waals surface area contributed by atoms with E-state index < -0.39 is 94.2 Å². The summed E-state index contributed by atoms with van der Waals surface area (Å²) in [5.74, 6) is 3.30. The molecule has 0 N–H and O–H groups in total. The smallest absolute Gasteiger partial charge is 0.311 e. The van der Waals surface area contributed by atoms with Crippen LogP contribution in [0.1, 0.15) is 115 Å². The number of rotatable bonds is 10. The molecule has 3 aromatic rings. The second-order valence-electron chi connectivity index (χ2n) is 20.7. The lowest BCUT2D eigenvalue weighted by molar-refractivity contribution is -0.294. The molecule has 1 aromatic heterocycles. The van der Waals surface area contributed by atoms with Gasteiger partial charge in [0.2, 0.25) is 18.3 Å². The van der Waals surface area contributed by atoms with Crippen molar-refractivity contribution in [2.45, 2.75) is 141 Å². The number of benzene rings is 2. The summed E-state index contributed by atoms with van der Waals surface area (Å²) in [6.45, 7) is 24.7. The average molecular weight is 940 g/mol. The highest BCUT2D eigenvalue weighted by Crippen LogP contribution is 2.37. The zero-order valence-corrected chi connectivity index (χ0v) is 40.8. The summed E-state index contributed by atoms with van der Waals surface area (Å²) in [7, 11) is 0. The summed E-state index contributed by atoms with van der Waals surface area (Å²) in [4.78, 5) is 67.3. The van der Waals surface area contributed by atoms with Crippen molar-refractivity contribution >= 4 is 56.7 Å². The van der Waals surface area contributed by atoms with E-state index in [1.54, 1.807) is 127 Å². The van der Waals surface area contributed by atoms with Crippen LogP contribution >= 0.6 is 15.9 Å². The summed E-state index contributed by atoms with van der Waals surface area (Å²) in [6, 6.07) is 12.9. The molecule has 1 fully saturated rings. The number of carbonyl (C=O) groups excluding carboxylic acids is 5. The Labute approximate surface area is 379 Å². The van der Waals surface area contributed by atoms with E-state index in [0.717, 1.165) is 10.0 Å². The molecule has 5 atom stereocenters. The van der Waals surface area contributed by atoms with Crippen molar-refractivity contribution < 1.29 is 57.1 Å². The summed E-state index contributed by atoms with van der Waals surface area (Å²) < 4.78 is 45.6. The average Bonchev–Trinajstić information content (AvgIpc) is 3.50. The SMILES string of the molecule is CC(C)(C)C(=O)OCCn1nc(O[C@@H]2O[C@H](COC(=O)C(C)(C)C)[C@@H](OC(=O)C(C)(C)C)[C@H](OC(=O)C(C)(C)C)[C@H]2OC(=O)C(C)(C)C)c2c(C#Cc3ccc(Br)cc3)cccc21. The first-order valence-corrected chi connectivity index (χ1v) is 21.7. The second-order valence-corrected chi connectivity index (χ2v) is 21.7. The molecule has 14 nitrogen and oxygen atoms in total. The van der Waals surface area contributed by atoms with Crippen molar-refractivity contribution in [2.24, 2.45) is 27.1 Å². The minimum atomic E-state index is -1.62. The maximum atomic E-state index is 13.9. The molecule has 0 saturated carbocycles. The van der Waals surface area contributed by atoms with Gasteiger partial charge >= 0.3 is 29.8 Å². The first-order valence-electron chi connectivity index (χ1n) is 20.9. The molecular formula is C48H63BrN2O12. The highest BCUT2D eigenvalue weighted by atomic mass is 79.9. The third-order valence-electron chi connectivity index (χ3n) is 9.46. The predicted molar refractivity (Wildman–Crippen MR) is 238 cm³/mol. The third-order valence-corrected chi connectivity index (χ3v) is 9.99. The molecule has 2 aromatic carbocycles. The van der Waals surface area contributed by atoms with Gasteiger partial charge in [-0.1, -0.05) is 33.8 Å². The molecule has 0 radical (unpaired) electrons. The minimum Gasteiger partial charge on any atom is -0.463 e. The number of aromatic nitrogens is 2. The fourth-order valence-electron chi connectivity index (χ4n) is 5.56. The summed E-state index contributed by atoms with van der Waals surface area (Å²) in [6.07, 6.45) is -7.53. The van der Waals surface area contributed by atoms with Crippen LogP contribution in [0.3, 0.4) is 0 Å². The Morgan fingerprint density at radius 3 is 1.65 bits per heavy atom. The Kier molecular flexibility index (Phi) is 15.6. The highest BCUT2D eigenvalue weighted by molar-refractivity contribution is 9.10. The monoisotopic (exact) mass is 938 g/mol. The van der Waals surface area contributed by atoms with Crippen LogP contribution in [0.15, 0.2) is 46.9 Å². The molecule has 0 aliphatic carbocycles. The number of hydrogen-bond donors (Lipinski definition) is 0. The fraction of sp³-hybridized carbons (Fsp3) is 0.583. The van der Waals surface area contributed by atoms with Gasteiger partial charge in [-0.15, -0.1) is 5.10 Å². The number of halogens is 1. The van der Waals surface area contributed by atoms with Gasteiger partial charge in [0.1, 0.15) is 19.3 Å². The van der Waals surface area contributed by atoms with Crippen LogP contribution < -0.4 is 4.74 Å². The van der Waals surface area contributed by atoms with Gasteiger partial charge in [0.05, 0.1) is 44.5 Å². The standard InChI is InChI=1S/C48H63BrN2O12/c1-44(2,3)39(52)57-26-25-51-31-18-16-17-29(22-19-28-20-23-30(49)24-21-28)33(31)37(50-51)63-38-36(62-43(56)48(13,14)15)35(61-42(55)47(10,11)12)34(60-41(54)46(7,8)9)32(59-38)27-58-40(53)45(4,5)6/h16-18,20-21,23-24,32,34-36,38H,25-27H2,1-15H3/t32-,34-,35+,36-,38+/m1/s1. The van der Waals surface area contributed by atoms with Crippen molar-refractivity contribution in [3.05, 3.63) is 58.1 Å². The Hall–Kier alpha value is -4.94. The Bertz CT molecular complexity index is 2220. The fourth-order valence-corrected chi connectivity index (χ4v) is 5.82. The summed E-state index contributed by atoms with van der Waals surface area (Å²) in [5.41, 5.74) is -3.06. The van der Waals surface area contributed by atoms with Crippen molar-refractivity contribution in [3.63, 3.8) is 0 Å². The minimum absolute atomic E-state index is 0.0221. The topological polar surface area (TPSA) is 168 Å². The predicted octanol–water partition coefficient (Wildman–Crippen LogP) is 8.35. The molecule has 0 spiro atoms. The van der Waals surface area contributed by atoms with E-state index in [9.17, 15) is 24.0 Å². The Balaban J connectivity index is 1.96. The molecule has 4 rings (SSSR count). The van der Waals surface area contributed by atoms with Crippen LogP contribution in [0.5, 0.6) is 5.88 Å². The summed E-state index contributed by atoms with van der Waals surface area (Å²) >= 11 is 3.46. The van der Waals surface area contributed by atoms with E-state index in [4.69, 9.17) is 38.3 Å². The third kappa shape index (κ3) is 13.5. The maximum Gasteiger partial charge on any atom is 0.311 e. The van der Waals surface area contributed by atoms with Gasteiger partial charge < -0.3 is 33.2 Å². The lowest BCUT2D eigenvalue weighted by atomic mass is 9.93. The summed E-state index contributed by atoms with van der Waals surface area (Å²) in [5, 5.41) is 5.26. The van der Waals surface area contributed by atoms with Gasteiger partial charge in [0.15, 0.2) is 12.2 Å². The highest BCUT2D eigenvalue weighted by Gasteiger charge is 2.56. The Morgan fingerprint density at radius 2 is 1.13 bits per heavy atom. The lowest BCUT2D eigenvalue weighted by Gasteiger charge is -2.45. The molecule has 0 bridgehead atoms. The molecule has 63 heavy (non-hydrogen) atoms. The molecule has 15 heteroatoms. The number of fused-ring (bicyclic) bond motifs is 1. The first kappa shape index (κ1) is 50.7. The van der Waals surface area contributed by atoms with Gasteiger partial charge in [-0.25, -0.2) is 0 Å². The van der Waals surface area contributed by atoms with E-state index in [0.29, 0.717) is 16.5 Å². The molecule has 1 aliphatic heterocycles.